The van der Waals surface area contributed by atoms with Gasteiger partial charge in [-0.05, 0) is 25.1 Å². The molecule has 8 heteroatoms. The molecule has 1 aromatic carbocycles. The van der Waals surface area contributed by atoms with Crippen molar-refractivity contribution in [1.82, 2.24) is 19.9 Å². The van der Waals surface area contributed by atoms with Crippen molar-refractivity contribution in [3.8, 4) is 0 Å². The lowest BCUT2D eigenvalue weighted by atomic mass is 10.1. The lowest BCUT2D eigenvalue weighted by Crippen LogP contribution is -2.50. The molecule has 2 N–H and O–H groups in total. The molecule has 1 aliphatic rings. The summed E-state index contributed by atoms with van der Waals surface area (Å²) in [5, 5.41) is 3.31. The van der Waals surface area contributed by atoms with Gasteiger partial charge in [0.15, 0.2) is 0 Å². The van der Waals surface area contributed by atoms with E-state index in [1.165, 1.54) is 0 Å². The number of aryl methyl sites for hydroxylation is 1. The van der Waals surface area contributed by atoms with Crippen molar-refractivity contribution in [2.24, 2.45) is 0 Å². The summed E-state index contributed by atoms with van der Waals surface area (Å²) in [5.74, 6) is 0.666. The standard InChI is InChI=1S/C19H20N6O2/c1-13-3-4-15-14(11-13)17(26)16(12-22-15)23-19(27)25-9-7-24(8-10-25)18-20-5-2-6-21-18/h2-6,11-12H,7-10H2,1H3,(H,22,26)(H,23,27). The number of hydrogen-bond acceptors (Lipinski definition) is 5. The number of carbonyl (C=O) groups excluding carboxylic acids is 1. The van der Waals surface area contributed by atoms with Gasteiger partial charge in [-0.3, -0.25) is 4.79 Å². The molecule has 3 aromatic rings. The van der Waals surface area contributed by atoms with E-state index in [0.29, 0.717) is 37.5 Å². The average Bonchev–Trinajstić information content (AvgIpc) is 2.71. The number of pyridine rings is 1. The van der Waals surface area contributed by atoms with Crippen molar-refractivity contribution in [3.05, 3.63) is 58.6 Å². The fraction of sp³-hybridized carbons (Fsp3) is 0.263. The third-order valence-electron chi connectivity index (χ3n) is 4.68. The van der Waals surface area contributed by atoms with E-state index in [-0.39, 0.29) is 17.1 Å². The zero-order chi connectivity index (χ0) is 18.8. The summed E-state index contributed by atoms with van der Waals surface area (Å²) in [6.45, 7) is 4.29. The summed E-state index contributed by atoms with van der Waals surface area (Å²) in [7, 11) is 0. The third kappa shape index (κ3) is 3.46. The molecule has 0 aliphatic carbocycles. The van der Waals surface area contributed by atoms with Crippen LogP contribution in [0.4, 0.5) is 16.4 Å². The van der Waals surface area contributed by atoms with Crippen LogP contribution in [0.2, 0.25) is 0 Å². The summed E-state index contributed by atoms with van der Waals surface area (Å²) < 4.78 is 0. The quantitative estimate of drug-likeness (QED) is 0.725. The predicted molar refractivity (Wildman–Crippen MR) is 104 cm³/mol. The normalized spacial score (nSPS) is 14.4. The van der Waals surface area contributed by atoms with Gasteiger partial charge in [-0.1, -0.05) is 11.6 Å². The van der Waals surface area contributed by atoms with Crippen LogP contribution in [-0.4, -0.2) is 52.1 Å². The predicted octanol–water partition coefficient (Wildman–Crippen LogP) is 1.98. The van der Waals surface area contributed by atoms with E-state index in [1.54, 1.807) is 29.6 Å². The lowest BCUT2D eigenvalue weighted by Gasteiger charge is -2.34. The third-order valence-corrected chi connectivity index (χ3v) is 4.68. The number of aromatic nitrogens is 3. The maximum atomic E-state index is 12.7. The topological polar surface area (TPSA) is 94.2 Å². The van der Waals surface area contributed by atoms with Crippen molar-refractivity contribution in [2.75, 3.05) is 36.4 Å². The molecule has 1 aliphatic heterocycles. The van der Waals surface area contributed by atoms with Gasteiger partial charge in [-0.25, -0.2) is 14.8 Å². The number of hydrogen-bond donors (Lipinski definition) is 2. The van der Waals surface area contributed by atoms with E-state index in [0.717, 1.165) is 11.1 Å². The molecule has 3 heterocycles. The van der Waals surface area contributed by atoms with Crippen LogP contribution >= 0.6 is 0 Å². The number of benzene rings is 1. The molecule has 138 valence electrons. The lowest BCUT2D eigenvalue weighted by molar-refractivity contribution is 0.208. The maximum Gasteiger partial charge on any atom is 0.322 e. The Morgan fingerprint density at radius 2 is 1.89 bits per heavy atom. The molecular weight excluding hydrogens is 344 g/mol. The summed E-state index contributed by atoms with van der Waals surface area (Å²) >= 11 is 0. The van der Waals surface area contributed by atoms with Crippen LogP contribution in [0.5, 0.6) is 0 Å². The van der Waals surface area contributed by atoms with Crippen LogP contribution in [0.15, 0.2) is 47.7 Å². The van der Waals surface area contributed by atoms with Crippen LogP contribution in [-0.2, 0) is 0 Å². The second-order valence-electron chi connectivity index (χ2n) is 6.53. The van der Waals surface area contributed by atoms with E-state index in [9.17, 15) is 9.59 Å². The maximum absolute atomic E-state index is 12.7. The van der Waals surface area contributed by atoms with E-state index in [1.807, 2.05) is 30.0 Å². The van der Waals surface area contributed by atoms with Crippen molar-refractivity contribution in [2.45, 2.75) is 6.92 Å². The highest BCUT2D eigenvalue weighted by Crippen LogP contribution is 2.14. The first-order valence-electron chi connectivity index (χ1n) is 8.82. The van der Waals surface area contributed by atoms with Crippen LogP contribution in [0, 0.1) is 6.92 Å². The van der Waals surface area contributed by atoms with Crippen molar-refractivity contribution in [1.29, 1.82) is 0 Å². The van der Waals surface area contributed by atoms with Crippen molar-refractivity contribution >= 4 is 28.6 Å². The van der Waals surface area contributed by atoms with Crippen LogP contribution in [0.25, 0.3) is 10.9 Å². The van der Waals surface area contributed by atoms with Gasteiger partial charge in [0.1, 0.15) is 5.69 Å². The van der Waals surface area contributed by atoms with Gasteiger partial charge in [-0.15, -0.1) is 0 Å². The number of piperazine rings is 1. The minimum Gasteiger partial charge on any atom is -0.359 e. The van der Waals surface area contributed by atoms with E-state index >= 15 is 0 Å². The number of fused-ring (bicyclic) bond motifs is 1. The number of carbonyl (C=O) groups is 1. The van der Waals surface area contributed by atoms with Crippen LogP contribution in [0.1, 0.15) is 5.56 Å². The monoisotopic (exact) mass is 364 g/mol. The molecule has 0 radical (unpaired) electrons. The van der Waals surface area contributed by atoms with Crippen LogP contribution in [0.3, 0.4) is 0 Å². The molecule has 2 amide bonds. The van der Waals surface area contributed by atoms with E-state index < -0.39 is 0 Å². The van der Waals surface area contributed by atoms with Gasteiger partial charge >= 0.3 is 6.03 Å². The summed E-state index contributed by atoms with van der Waals surface area (Å²) in [5.41, 5.74) is 1.82. The minimum absolute atomic E-state index is 0.183. The SMILES string of the molecule is Cc1ccc2[nH]cc(NC(=O)N3CCN(c4ncccn4)CC3)c(=O)c2c1. The first-order valence-corrected chi connectivity index (χ1v) is 8.82. The molecule has 2 aromatic heterocycles. The Hall–Kier alpha value is -3.42. The molecule has 0 saturated carbocycles. The van der Waals surface area contributed by atoms with Crippen molar-refractivity contribution in [3.63, 3.8) is 0 Å². The smallest absolute Gasteiger partial charge is 0.322 e. The van der Waals surface area contributed by atoms with Gasteiger partial charge in [0.25, 0.3) is 0 Å². The largest absolute Gasteiger partial charge is 0.359 e. The fourth-order valence-corrected chi connectivity index (χ4v) is 3.18. The first-order chi connectivity index (χ1) is 13.1. The molecule has 8 nitrogen and oxygen atoms in total. The molecule has 4 rings (SSSR count). The zero-order valence-electron chi connectivity index (χ0n) is 15.0. The first kappa shape index (κ1) is 17.0. The molecule has 0 spiro atoms. The number of H-pyrrole nitrogens is 1. The Morgan fingerprint density at radius 1 is 1.15 bits per heavy atom. The van der Waals surface area contributed by atoms with Gasteiger partial charge in [0, 0.05) is 55.7 Å². The molecule has 0 atom stereocenters. The summed E-state index contributed by atoms with van der Waals surface area (Å²) in [4.78, 5) is 40.5. The number of anilines is 2. The Balaban J connectivity index is 1.45. The Morgan fingerprint density at radius 3 is 2.63 bits per heavy atom. The number of urea groups is 1. The molecule has 0 bridgehead atoms. The van der Waals surface area contributed by atoms with E-state index in [2.05, 4.69) is 20.3 Å². The van der Waals surface area contributed by atoms with Gasteiger partial charge in [0.05, 0.1) is 0 Å². The highest BCUT2D eigenvalue weighted by molar-refractivity contribution is 5.92. The molecule has 1 fully saturated rings. The highest BCUT2D eigenvalue weighted by atomic mass is 16.2. The average molecular weight is 364 g/mol. The van der Waals surface area contributed by atoms with Gasteiger partial charge in [0.2, 0.25) is 11.4 Å². The summed E-state index contributed by atoms with van der Waals surface area (Å²) in [6.07, 6.45) is 4.95. The van der Waals surface area contributed by atoms with Crippen molar-refractivity contribution < 1.29 is 4.79 Å². The second-order valence-corrected chi connectivity index (χ2v) is 6.53. The minimum atomic E-state index is -0.277. The zero-order valence-corrected chi connectivity index (χ0v) is 15.0. The summed E-state index contributed by atoms with van der Waals surface area (Å²) in [6, 6.07) is 7.12. The van der Waals surface area contributed by atoms with E-state index in [4.69, 9.17) is 0 Å². The van der Waals surface area contributed by atoms with Crippen LogP contribution < -0.4 is 15.6 Å². The Kier molecular flexibility index (Phi) is 4.45. The van der Waals surface area contributed by atoms with Gasteiger partial charge in [-0.2, -0.15) is 0 Å². The fourth-order valence-electron chi connectivity index (χ4n) is 3.18. The Labute approximate surface area is 155 Å². The Bertz CT molecular complexity index is 1030. The number of rotatable bonds is 2. The number of nitrogens with zero attached hydrogens (tertiary/aromatic N) is 4. The molecule has 1 saturated heterocycles. The molecule has 0 unspecified atom stereocenters. The number of aromatic amines is 1. The molecule has 27 heavy (non-hydrogen) atoms. The van der Waals surface area contributed by atoms with Gasteiger partial charge < -0.3 is 20.1 Å². The number of amides is 2. The second kappa shape index (κ2) is 7.06. The number of nitrogens with one attached hydrogen (secondary N) is 2. The molecular formula is C19H20N6O2. The highest BCUT2D eigenvalue weighted by Gasteiger charge is 2.23.